The van der Waals surface area contributed by atoms with E-state index in [9.17, 15) is 24.5 Å². The van der Waals surface area contributed by atoms with Crippen LogP contribution in [-0.4, -0.2) is 34.2 Å². The number of benzene rings is 2. The van der Waals surface area contributed by atoms with Crippen LogP contribution in [0.4, 0.5) is 11.4 Å². The summed E-state index contributed by atoms with van der Waals surface area (Å²) in [5.41, 5.74) is 1.23. The van der Waals surface area contributed by atoms with Crippen molar-refractivity contribution >= 4 is 39.9 Å². The van der Waals surface area contributed by atoms with Crippen molar-refractivity contribution in [2.24, 2.45) is 0 Å². The molecule has 3 rings (SSSR count). The van der Waals surface area contributed by atoms with E-state index in [1.165, 1.54) is 24.3 Å². The minimum atomic E-state index is -0.698. The molecule has 0 aliphatic carbocycles. The number of hydrogen-bond acceptors (Lipinski definition) is 7. The van der Waals surface area contributed by atoms with E-state index in [-0.39, 0.29) is 30.0 Å². The zero-order chi connectivity index (χ0) is 21.5. The van der Waals surface area contributed by atoms with Crippen LogP contribution in [0.1, 0.15) is 23.2 Å². The van der Waals surface area contributed by atoms with E-state index in [2.05, 4.69) is 10.3 Å². The molecule has 1 amide bonds. The van der Waals surface area contributed by atoms with Gasteiger partial charge in [0.05, 0.1) is 22.5 Å². The van der Waals surface area contributed by atoms with E-state index >= 15 is 0 Å². The Morgan fingerprint density at radius 2 is 1.73 bits per heavy atom. The van der Waals surface area contributed by atoms with Crippen LogP contribution in [0.3, 0.4) is 0 Å². The summed E-state index contributed by atoms with van der Waals surface area (Å²) >= 11 is 0. The second-order valence-corrected chi connectivity index (χ2v) is 6.32. The van der Waals surface area contributed by atoms with E-state index in [0.29, 0.717) is 11.2 Å². The number of nitro groups is 1. The van der Waals surface area contributed by atoms with Gasteiger partial charge in [-0.3, -0.25) is 29.5 Å². The van der Waals surface area contributed by atoms with E-state index in [0.717, 1.165) is 5.39 Å². The summed E-state index contributed by atoms with van der Waals surface area (Å²) < 4.78 is 4.89. The molecular formula is C21H17N3O6. The molecule has 0 spiro atoms. The van der Waals surface area contributed by atoms with Crippen LogP contribution in [0.2, 0.25) is 0 Å². The normalized spacial score (nSPS) is 10.4. The monoisotopic (exact) mass is 407 g/mol. The molecule has 0 saturated carbocycles. The number of ketones is 1. The van der Waals surface area contributed by atoms with Crippen LogP contribution in [0, 0.1) is 10.1 Å². The van der Waals surface area contributed by atoms with Gasteiger partial charge in [-0.25, -0.2) is 0 Å². The predicted octanol–water partition coefficient (Wildman–Crippen LogP) is 3.29. The Bertz CT molecular complexity index is 1110. The first kappa shape index (κ1) is 20.6. The van der Waals surface area contributed by atoms with E-state index in [4.69, 9.17) is 4.74 Å². The van der Waals surface area contributed by atoms with Crippen molar-refractivity contribution in [1.29, 1.82) is 0 Å². The fourth-order valence-corrected chi connectivity index (χ4v) is 2.70. The molecule has 0 bridgehead atoms. The molecule has 0 aliphatic rings. The fraction of sp³-hybridized carbons (Fsp3) is 0.143. The third-order valence-electron chi connectivity index (χ3n) is 4.23. The minimum absolute atomic E-state index is 0.117. The Morgan fingerprint density at radius 3 is 2.47 bits per heavy atom. The number of carbonyl (C=O) groups is 3. The SMILES string of the molecule is O=C(CCC(=O)OCC(=O)c1ccc([N+](=O)[O-])cc1)Nc1cccc2cccnc12. The van der Waals surface area contributed by atoms with Crippen LogP contribution in [0.15, 0.2) is 60.8 Å². The number of nitrogens with zero attached hydrogens (tertiary/aromatic N) is 2. The molecule has 9 nitrogen and oxygen atoms in total. The lowest BCUT2D eigenvalue weighted by Gasteiger charge is -2.08. The second kappa shape index (κ2) is 9.37. The van der Waals surface area contributed by atoms with Crippen molar-refractivity contribution in [1.82, 2.24) is 4.98 Å². The zero-order valence-electron chi connectivity index (χ0n) is 15.7. The van der Waals surface area contributed by atoms with Crippen LogP contribution < -0.4 is 5.32 Å². The average molecular weight is 407 g/mol. The maximum absolute atomic E-state index is 12.1. The molecular weight excluding hydrogens is 390 g/mol. The highest BCUT2D eigenvalue weighted by molar-refractivity contribution is 6.01. The molecule has 30 heavy (non-hydrogen) atoms. The number of non-ortho nitro benzene ring substituents is 1. The van der Waals surface area contributed by atoms with E-state index in [1.807, 2.05) is 12.1 Å². The number of nitrogens with one attached hydrogen (secondary N) is 1. The van der Waals surface area contributed by atoms with Crippen molar-refractivity contribution in [3.63, 3.8) is 0 Å². The van der Waals surface area contributed by atoms with Crippen molar-refractivity contribution in [3.05, 3.63) is 76.5 Å². The number of carbonyl (C=O) groups excluding carboxylic acids is 3. The lowest BCUT2D eigenvalue weighted by molar-refractivity contribution is -0.384. The average Bonchev–Trinajstić information content (AvgIpc) is 2.76. The number of hydrogen-bond donors (Lipinski definition) is 1. The summed E-state index contributed by atoms with van der Waals surface area (Å²) in [5, 5.41) is 14.2. The lowest BCUT2D eigenvalue weighted by atomic mass is 10.1. The van der Waals surface area contributed by atoms with Crippen molar-refractivity contribution in [2.45, 2.75) is 12.8 Å². The van der Waals surface area contributed by atoms with Gasteiger partial charge >= 0.3 is 5.97 Å². The first-order valence-corrected chi connectivity index (χ1v) is 9.01. The maximum Gasteiger partial charge on any atom is 0.306 e. The number of Topliss-reactive ketones (excluding diaryl/α,β-unsaturated/α-hetero) is 1. The van der Waals surface area contributed by atoms with Gasteiger partial charge in [0, 0.05) is 35.7 Å². The third-order valence-corrected chi connectivity index (χ3v) is 4.23. The number of pyridine rings is 1. The number of ether oxygens (including phenoxy) is 1. The van der Waals surface area contributed by atoms with Crippen molar-refractivity contribution < 1.29 is 24.0 Å². The van der Waals surface area contributed by atoms with Gasteiger partial charge in [0.15, 0.2) is 12.4 Å². The van der Waals surface area contributed by atoms with Crippen LogP contribution in [-0.2, 0) is 14.3 Å². The molecule has 0 radical (unpaired) electrons. The van der Waals surface area contributed by atoms with Gasteiger partial charge in [0.25, 0.3) is 5.69 Å². The highest BCUT2D eigenvalue weighted by atomic mass is 16.6. The van der Waals surface area contributed by atoms with Gasteiger partial charge in [-0.15, -0.1) is 0 Å². The van der Waals surface area contributed by atoms with Gasteiger partial charge < -0.3 is 10.1 Å². The van der Waals surface area contributed by atoms with Crippen molar-refractivity contribution in [3.8, 4) is 0 Å². The molecule has 0 atom stereocenters. The third kappa shape index (κ3) is 5.22. The molecule has 1 aromatic heterocycles. The van der Waals surface area contributed by atoms with E-state index < -0.39 is 23.3 Å². The molecule has 9 heteroatoms. The largest absolute Gasteiger partial charge is 0.457 e. The number of rotatable bonds is 8. The standard InChI is InChI=1S/C21H17N3O6/c25-18(14-6-8-16(9-7-14)24(28)29)13-30-20(27)11-10-19(26)23-17-5-1-3-15-4-2-12-22-21(15)17/h1-9,12H,10-11,13H2,(H,23,26). The molecule has 152 valence electrons. The Labute approximate surface area is 170 Å². The fourth-order valence-electron chi connectivity index (χ4n) is 2.70. The summed E-state index contributed by atoms with van der Waals surface area (Å²) in [7, 11) is 0. The van der Waals surface area contributed by atoms with Crippen LogP contribution >= 0.6 is 0 Å². The number of fused-ring (bicyclic) bond motifs is 1. The number of aromatic nitrogens is 1. The molecule has 0 aliphatic heterocycles. The van der Waals surface area contributed by atoms with Gasteiger partial charge in [0.1, 0.15) is 0 Å². The summed E-state index contributed by atoms with van der Waals surface area (Å²) in [6.07, 6.45) is 1.31. The summed E-state index contributed by atoms with van der Waals surface area (Å²) in [6.45, 7) is -0.508. The molecule has 0 saturated heterocycles. The quantitative estimate of drug-likeness (QED) is 0.262. The van der Waals surface area contributed by atoms with Gasteiger partial charge in [-0.05, 0) is 24.3 Å². The topological polar surface area (TPSA) is 128 Å². The Kier molecular flexibility index (Phi) is 6.43. The van der Waals surface area contributed by atoms with Gasteiger partial charge in [0.2, 0.25) is 5.91 Å². The van der Waals surface area contributed by atoms with Gasteiger partial charge in [-0.1, -0.05) is 18.2 Å². The summed E-state index contributed by atoms with van der Waals surface area (Å²) in [4.78, 5) is 50.3. The minimum Gasteiger partial charge on any atom is -0.457 e. The van der Waals surface area contributed by atoms with E-state index in [1.54, 1.807) is 24.4 Å². The van der Waals surface area contributed by atoms with Crippen LogP contribution in [0.25, 0.3) is 10.9 Å². The number of anilines is 1. The highest BCUT2D eigenvalue weighted by Crippen LogP contribution is 2.20. The predicted molar refractivity (Wildman–Crippen MR) is 108 cm³/mol. The molecule has 1 N–H and O–H groups in total. The Hall–Kier alpha value is -4.14. The highest BCUT2D eigenvalue weighted by Gasteiger charge is 2.14. The summed E-state index contributed by atoms with van der Waals surface area (Å²) in [6, 6.07) is 14.0. The first-order valence-electron chi connectivity index (χ1n) is 9.01. The summed E-state index contributed by atoms with van der Waals surface area (Å²) in [5.74, 6) is -1.58. The lowest BCUT2D eigenvalue weighted by Crippen LogP contribution is -2.17. The molecule has 2 aromatic carbocycles. The number of amides is 1. The molecule has 0 fully saturated rings. The number of nitro benzene ring substituents is 1. The maximum atomic E-state index is 12.1. The number of esters is 1. The Morgan fingerprint density at radius 1 is 1.00 bits per heavy atom. The number of para-hydroxylation sites is 1. The zero-order valence-corrected chi connectivity index (χ0v) is 15.7. The Balaban J connectivity index is 1.46. The molecule has 1 heterocycles. The van der Waals surface area contributed by atoms with Crippen LogP contribution in [0.5, 0.6) is 0 Å². The second-order valence-electron chi connectivity index (χ2n) is 6.32. The molecule has 3 aromatic rings. The van der Waals surface area contributed by atoms with Gasteiger partial charge in [-0.2, -0.15) is 0 Å². The first-order chi connectivity index (χ1) is 14.4. The molecule has 0 unspecified atom stereocenters. The smallest absolute Gasteiger partial charge is 0.306 e. The van der Waals surface area contributed by atoms with Crippen molar-refractivity contribution in [2.75, 3.05) is 11.9 Å².